The molecule has 16 heavy (non-hydrogen) atoms. The lowest BCUT2D eigenvalue weighted by Gasteiger charge is -2.27. The van der Waals surface area contributed by atoms with Gasteiger partial charge in [0.2, 0.25) is 0 Å². The van der Waals surface area contributed by atoms with Gasteiger partial charge in [-0.15, -0.1) is 0 Å². The molecule has 1 aliphatic carbocycles. The molecule has 0 unspecified atom stereocenters. The highest BCUT2D eigenvalue weighted by Crippen LogP contribution is 2.25. The fraction of sp³-hybridized carbons (Fsp3) is 0.667. The van der Waals surface area contributed by atoms with Crippen LogP contribution in [-0.4, -0.2) is 23.6 Å². The van der Waals surface area contributed by atoms with Crippen molar-refractivity contribution in [3.05, 3.63) is 17.5 Å². The van der Waals surface area contributed by atoms with Gasteiger partial charge in [0.1, 0.15) is 11.0 Å². The van der Waals surface area contributed by atoms with Gasteiger partial charge < -0.3 is 4.90 Å². The van der Waals surface area contributed by atoms with Gasteiger partial charge in [0, 0.05) is 13.6 Å². The molecule has 1 saturated carbocycles. The Bertz CT molecular complexity index is 337. The maximum absolute atomic E-state index is 5.83. The second-order valence-corrected chi connectivity index (χ2v) is 4.97. The van der Waals surface area contributed by atoms with Crippen LogP contribution in [0.5, 0.6) is 0 Å². The standard InChI is InChI=1S/C12H18ClN3/c1-16(9-10-5-3-2-4-6-10)12-8-14-7-11(13)15-12/h7-8,10H,2-6,9H2,1H3. The van der Waals surface area contributed by atoms with Crippen molar-refractivity contribution in [1.82, 2.24) is 9.97 Å². The molecular weight excluding hydrogens is 222 g/mol. The Hall–Kier alpha value is -0.830. The van der Waals surface area contributed by atoms with E-state index in [2.05, 4.69) is 21.9 Å². The van der Waals surface area contributed by atoms with Crippen molar-refractivity contribution in [3.8, 4) is 0 Å². The molecule has 0 aliphatic heterocycles. The van der Waals surface area contributed by atoms with Crippen LogP contribution in [0.4, 0.5) is 5.82 Å². The lowest BCUT2D eigenvalue weighted by molar-refractivity contribution is 0.361. The van der Waals surface area contributed by atoms with Crippen molar-refractivity contribution in [3.63, 3.8) is 0 Å². The van der Waals surface area contributed by atoms with Crippen LogP contribution in [0.3, 0.4) is 0 Å². The molecular formula is C12H18ClN3. The maximum atomic E-state index is 5.83. The fourth-order valence-electron chi connectivity index (χ4n) is 2.37. The summed E-state index contributed by atoms with van der Waals surface area (Å²) in [7, 11) is 2.06. The third kappa shape index (κ3) is 3.08. The van der Waals surface area contributed by atoms with Gasteiger partial charge in [-0.2, -0.15) is 0 Å². The minimum absolute atomic E-state index is 0.466. The zero-order chi connectivity index (χ0) is 11.4. The quantitative estimate of drug-likeness (QED) is 0.812. The highest BCUT2D eigenvalue weighted by Gasteiger charge is 2.16. The van der Waals surface area contributed by atoms with Crippen LogP contribution in [0.15, 0.2) is 12.4 Å². The number of hydrogen-bond acceptors (Lipinski definition) is 3. The van der Waals surface area contributed by atoms with E-state index in [0.717, 1.165) is 18.3 Å². The average molecular weight is 240 g/mol. The van der Waals surface area contributed by atoms with Crippen molar-refractivity contribution < 1.29 is 0 Å². The van der Waals surface area contributed by atoms with Gasteiger partial charge in [-0.25, -0.2) is 4.98 Å². The van der Waals surface area contributed by atoms with E-state index in [1.807, 2.05) is 0 Å². The van der Waals surface area contributed by atoms with Crippen LogP contribution in [0.25, 0.3) is 0 Å². The summed E-state index contributed by atoms with van der Waals surface area (Å²) in [6, 6.07) is 0. The number of halogens is 1. The predicted molar refractivity (Wildman–Crippen MR) is 66.9 cm³/mol. The smallest absolute Gasteiger partial charge is 0.149 e. The Morgan fingerprint density at radius 3 is 2.75 bits per heavy atom. The van der Waals surface area contributed by atoms with E-state index in [4.69, 9.17) is 11.6 Å². The van der Waals surface area contributed by atoms with Crippen molar-refractivity contribution >= 4 is 17.4 Å². The van der Waals surface area contributed by atoms with Crippen LogP contribution in [0.2, 0.25) is 5.15 Å². The molecule has 0 radical (unpaired) electrons. The van der Waals surface area contributed by atoms with E-state index in [1.54, 1.807) is 12.4 Å². The minimum Gasteiger partial charge on any atom is -0.358 e. The summed E-state index contributed by atoms with van der Waals surface area (Å²) < 4.78 is 0. The van der Waals surface area contributed by atoms with E-state index >= 15 is 0 Å². The highest BCUT2D eigenvalue weighted by molar-refractivity contribution is 6.29. The first kappa shape index (κ1) is 11.6. The zero-order valence-electron chi connectivity index (χ0n) is 9.69. The number of rotatable bonds is 3. The first-order valence-electron chi connectivity index (χ1n) is 5.94. The van der Waals surface area contributed by atoms with Crippen LogP contribution < -0.4 is 4.90 Å². The summed E-state index contributed by atoms with van der Waals surface area (Å²) in [5.41, 5.74) is 0. The Kier molecular flexibility index (Phi) is 3.99. The lowest BCUT2D eigenvalue weighted by atomic mass is 9.89. The fourth-order valence-corrected chi connectivity index (χ4v) is 2.51. The molecule has 88 valence electrons. The summed E-state index contributed by atoms with van der Waals surface area (Å²) in [5, 5.41) is 0.466. The van der Waals surface area contributed by atoms with Gasteiger partial charge in [0.05, 0.1) is 12.4 Å². The molecule has 3 nitrogen and oxygen atoms in total. The van der Waals surface area contributed by atoms with Crippen molar-refractivity contribution in [2.24, 2.45) is 5.92 Å². The number of hydrogen-bond donors (Lipinski definition) is 0. The summed E-state index contributed by atoms with van der Waals surface area (Å²) in [4.78, 5) is 10.5. The Morgan fingerprint density at radius 1 is 1.31 bits per heavy atom. The normalized spacial score (nSPS) is 17.4. The number of anilines is 1. The second-order valence-electron chi connectivity index (χ2n) is 4.58. The molecule has 1 fully saturated rings. The van der Waals surface area contributed by atoms with Crippen molar-refractivity contribution in [1.29, 1.82) is 0 Å². The van der Waals surface area contributed by atoms with Crippen LogP contribution in [0.1, 0.15) is 32.1 Å². The predicted octanol–water partition coefficient (Wildman–Crippen LogP) is 3.15. The van der Waals surface area contributed by atoms with E-state index in [-0.39, 0.29) is 0 Å². The molecule has 1 aromatic heterocycles. The molecule has 0 amide bonds. The first-order chi connectivity index (χ1) is 7.75. The molecule has 1 heterocycles. The van der Waals surface area contributed by atoms with Gasteiger partial charge in [-0.1, -0.05) is 30.9 Å². The van der Waals surface area contributed by atoms with Gasteiger partial charge in [0.25, 0.3) is 0 Å². The summed E-state index contributed by atoms with van der Waals surface area (Å²) in [5.74, 6) is 1.68. The van der Waals surface area contributed by atoms with E-state index in [0.29, 0.717) is 5.15 Å². The minimum atomic E-state index is 0.466. The SMILES string of the molecule is CN(CC1CCCCC1)c1cncc(Cl)n1. The van der Waals surface area contributed by atoms with Crippen LogP contribution >= 0.6 is 11.6 Å². The van der Waals surface area contributed by atoms with Gasteiger partial charge in [-0.05, 0) is 18.8 Å². The Labute approximate surface area is 102 Å². The summed E-state index contributed by atoms with van der Waals surface area (Å²) in [6.45, 7) is 1.06. The highest BCUT2D eigenvalue weighted by atomic mass is 35.5. The maximum Gasteiger partial charge on any atom is 0.149 e. The van der Waals surface area contributed by atoms with Gasteiger partial charge >= 0.3 is 0 Å². The molecule has 0 saturated heterocycles. The van der Waals surface area contributed by atoms with E-state index in [1.165, 1.54) is 32.1 Å². The molecule has 0 atom stereocenters. The molecule has 0 bridgehead atoms. The molecule has 1 aliphatic rings. The third-order valence-electron chi connectivity index (χ3n) is 3.24. The Morgan fingerprint density at radius 2 is 2.06 bits per heavy atom. The van der Waals surface area contributed by atoms with Crippen LogP contribution in [-0.2, 0) is 0 Å². The third-order valence-corrected chi connectivity index (χ3v) is 3.42. The first-order valence-corrected chi connectivity index (χ1v) is 6.32. The second kappa shape index (κ2) is 5.48. The molecule has 4 heteroatoms. The molecule has 2 rings (SSSR count). The van der Waals surface area contributed by atoms with Crippen LogP contribution in [0, 0.1) is 5.92 Å². The lowest BCUT2D eigenvalue weighted by Crippen LogP contribution is -2.27. The summed E-state index contributed by atoms with van der Waals surface area (Å²) >= 11 is 5.83. The topological polar surface area (TPSA) is 29.0 Å². The zero-order valence-corrected chi connectivity index (χ0v) is 10.5. The molecule has 0 N–H and O–H groups in total. The Balaban J connectivity index is 1.94. The van der Waals surface area contributed by atoms with E-state index < -0.39 is 0 Å². The van der Waals surface area contributed by atoms with Crippen molar-refractivity contribution in [2.75, 3.05) is 18.5 Å². The van der Waals surface area contributed by atoms with Gasteiger partial charge in [0.15, 0.2) is 0 Å². The largest absolute Gasteiger partial charge is 0.358 e. The monoisotopic (exact) mass is 239 g/mol. The number of aromatic nitrogens is 2. The molecule has 1 aromatic rings. The average Bonchev–Trinajstić information content (AvgIpc) is 2.30. The molecule has 0 aromatic carbocycles. The summed E-state index contributed by atoms with van der Waals surface area (Å²) in [6.07, 6.45) is 10.2. The van der Waals surface area contributed by atoms with Crippen molar-refractivity contribution in [2.45, 2.75) is 32.1 Å². The molecule has 0 spiro atoms. The number of nitrogens with zero attached hydrogens (tertiary/aromatic N) is 3. The van der Waals surface area contributed by atoms with E-state index in [9.17, 15) is 0 Å². The van der Waals surface area contributed by atoms with Gasteiger partial charge in [-0.3, -0.25) is 4.98 Å².